The van der Waals surface area contributed by atoms with Crippen molar-refractivity contribution in [3.8, 4) is 11.5 Å². The molecule has 0 saturated heterocycles. The lowest BCUT2D eigenvalue weighted by molar-refractivity contribution is -0.119. The first-order valence-corrected chi connectivity index (χ1v) is 5.86. The number of nitrogens with two attached hydrogens (primary N) is 1. The summed E-state index contributed by atoms with van der Waals surface area (Å²) < 4.78 is 10.6. The van der Waals surface area contributed by atoms with Gasteiger partial charge in [-0.3, -0.25) is 4.79 Å². The van der Waals surface area contributed by atoms with Crippen molar-refractivity contribution < 1.29 is 14.3 Å². The molecule has 3 N–H and O–H groups in total. The number of carbonyl (C=O) groups is 1. The summed E-state index contributed by atoms with van der Waals surface area (Å²) in [5.74, 6) is 1.34. The number of nitrogens with one attached hydrogen (secondary N) is 1. The van der Waals surface area contributed by atoms with Gasteiger partial charge in [-0.2, -0.15) is 0 Å². The largest absolute Gasteiger partial charge is 0.496 e. The standard InChI is InChI=1S/C13H20N2O3/c1-4-9-5-12(18-3)10(6-11(9)17-2)8-15-13(16)7-14/h5-6H,4,7-8,14H2,1-3H3,(H,15,16). The van der Waals surface area contributed by atoms with E-state index in [0.29, 0.717) is 6.54 Å². The van der Waals surface area contributed by atoms with Crippen LogP contribution in [0.1, 0.15) is 18.1 Å². The van der Waals surface area contributed by atoms with Gasteiger partial charge in [0.05, 0.1) is 20.8 Å². The van der Waals surface area contributed by atoms with Crippen molar-refractivity contribution in [3.63, 3.8) is 0 Å². The van der Waals surface area contributed by atoms with E-state index in [1.54, 1.807) is 14.2 Å². The highest BCUT2D eigenvalue weighted by Gasteiger charge is 2.10. The van der Waals surface area contributed by atoms with Crippen LogP contribution in [0.4, 0.5) is 0 Å². The quantitative estimate of drug-likeness (QED) is 0.787. The van der Waals surface area contributed by atoms with Crippen molar-refractivity contribution in [2.45, 2.75) is 19.9 Å². The van der Waals surface area contributed by atoms with E-state index in [2.05, 4.69) is 5.32 Å². The Morgan fingerprint density at radius 1 is 1.22 bits per heavy atom. The van der Waals surface area contributed by atoms with E-state index in [0.717, 1.165) is 29.0 Å². The number of aryl methyl sites for hydroxylation is 1. The minimum Gasteiger partial charge on any atom is -0.496 e. The minimum atomic E-state index is -0.199. The lowest BCUT2D eigenvalue weighted by Crippen LogP contribution is -2.29. The molecule has 0 heterocycles. The van der Waals surface area contributed by atoms with Crippen molar-refractivity contribution in [3.05, 3.63) is 23.3 Å². The van der Waals surface area contributed by atoms with Gasteiger partial charge in [0.1, 0.15) is 11.5 Å². The van der Waals surface area contributed by atoms with Gasteiger partial charge in [-0.05, 0) is 24.1 Å². The molecule has 0 aliphatic carbocycles. The predicted molar refractivity (Wildman–Crippen MR) is 69.8 cm³/mol. The summed E-state index contributed by atoms with van der Waals surface area (Å²) in [5.41, 5.74) is 7.18. The van der Waals surface area contributed by atoms with Crippen LogP contribution >= 0.6 is 0 Å². The SMILES string of the molecule is CCc1cc(OC)c(CNC(=O)CN)cc1OC. The zero-order valence-electron chi connectivity index (χ0n) is 11.1. The molecule has 0 unspecified atom stereocenters. The third-order valence-corrected chi connectivity index (χ3v) is 2.73. The van der Waals surface area contributed by atoms with E-state index in [4.69, 9.17) is 15.2 Å². The maximum absolute atomic E-state index is 11.2. The van der Waals surface area contributed by atoms with Gasteiger partial charge < -0.3 is 20.5 Å². The highest BCUT2D eigenvalue weighted by Crippen LogP contribution is 2.29. The number of amides is 1. The van der Waals surface area contributed by atoms with Crippen LogP contribution in [-0.4, -0.2) is 26.7 Å². The molecular weight excluding hydrogens is 232 g/mol. The molecule has 0 aromatic heterocycles. The summed E-state index contributed by atoms with van der Waals surface area (Å²) in [6, 6.07) is 3.82. The molecule has 0 spiro atoms. The molecule has 100 valence electrons. The lowest BCUT2D eigenvalue weighted by atomic mass is 10.1. The predicted octanol–water partition coefficient (Wildman–Crippen LogP) is 0.841. The molecule has 0 atom stereocenters. The molecule has 1 aromatic rings. The fourth-order valence-electron chi connectivity index (χ4n) is 1.70. The number of hydrogen-bond acceptors (Lipinski definition) is 4. The molecule has 1 amide bonds. The summed E-state index contributed by atoms with van der Waals surface area (Å²) in [5, 5.41) is 2.71. The number of carbonyl (C=O) groups excluding carboxylic acids is 1. The molecule has 1 aromatic carbocycles. The van der Waals surface area contributed by atoms with Crippen LogP contribution in [0.2, 0.25) is 0 Å². The summed E-state index contributed by atoms with van der Waals surface area (Å²) in [7, 11) is 3.23. The number of methoxy groups -OCH3 is 2. The molecule has 5 nitrogen and oxygen atoms in total. The van der Waals surface area contributed by atoms with Crippen molar-refractivity contribution in [2.24, 2.45) is 5.73 Å². The third kappa shape index (κ3) is 3.37. The van der Waals surface area contributed by atoms with E-state index in [1.165, 1.54) is 0 Å². The van der Waals surface area contributed by atoms with Crippen LogP contribution < -0.4 is 20.5 Å². The molecule has 0 aliphatic heterocycles. The second kappa shape index (κ2) is 6.86. The molecule has 0 radical (unpaired) electrons. The first-order chi connectivity index (χ1) is 8.65. The fraction of sp³-hybridized carbons (Fsp3) is 0.462. The fourth-order valence-corrected chi connectivity index (χ4v) is 1.70. The summed E-state index contributed by atoms with van der Waals surface area (Å²) in [6.07, 6.45) is 0.856. The Morgan fingerprint density at radius 3 is 2.28 bits per heavy atom. The molecule has 5 heteroatoms. The van der Waals surface area contributed by atoms with Crippen molar-refractivity contribution >= 4 is 5.91 Å². The number of hydrogen-bond donors (Lipinski definition) is 2. The Kier molecular flexibility index (Phi) is 5.45. The van der Waals surface area contributed by atoms with Crippen LogP contribution in [0, 0.1) is 0 Å². The summed E-state index contributed by atoms with van der Waals surface area (Å²) >= 11 is 0. The monoisotopic (exact) mass is 252 g/mol. The molecular formula is C13H20N2O3. The maximum atomic E-state index is 11.2. The van der Waals surface area contributed by atoms with Gasteiger partial charge >= 0.3 is 0 Å². The second-order valence-corrected chi connectivity index (χ2v) is 3.81. The zero-order valence-corrected chi connectivity index (χ0v) is 11.1. The van der Waals surface area contributed by atoms with E-state index in [-0.39, 0.29) is 12.5 Å². The van der Waals surface area contributed by atoms with Crippen molar-refractivity contribution in [2.75, 3.05) is 20.8 Å². The van der Waals surface area contributed by atoms with E-state index in [1.807, 2.05) is 19.1 Å². The third-order valence-electron chi connectivity index (χ3n) is 2.73. The van der Waals surface area contributed by atoms with E-state index >= 15 is 0 Å². The Morgan fingerprint density at radius 2 is 1.78 bits per heavy atom. The van der Waals surface area contributed by atoms with Gasteiger partial charge in [-0.15, -0.1) is 0 Å². The minimum absolute atomic E-state index is 0.0213. The Hall–Kier alpha value is -1.75. The molecule has 1 rings (SSSR count). The Balaban J connectivity index is 2.98. The van der Waals surface area contributed by atoms with Gasteiger partial charge in [-0.1, -0.05) is 6.92 Å². The first kappa shape index (κ1) is 14.3. The second-order valence-electron chi connectivity index (χ2n) is 3.81. The number of rotatable bonds is 6. The van der Waals surface area contributed by atoms with E-state index < -0.39 is 0 Å². The van der Waals surface area contributed by atoms with Crippen LogP contribution in [0.5, 0.6) is 11.5 Å². The number of benzene rings is 1. The summed E-state index contributed by atoms with van der Waals surface area (Å²) in [6.45, 7) is 2.40. The van der Waals surface area contributed by atoms with Gasteiger partial charge in [0.2, 0.25) is 5.91 Å². The molecule has 0 bridgehead atoms. The Labute approximate surface area is 107 Å². The first-order valence-electron chi connectivity index (χ1n) is 5.86. The van der Waals surface area contributed by atoms with Gasteiger partial charge in [0, 0.05) is 12.1 Å². The molecule has 0 fully saturated rings. The molecule has 0 aliphatic rings. The van der Waals surface area contributed by atoms with Crippen molar-refractivity contribution in [1.82, 2.24) is 5.32 Å². The Bertz CT molecular complexity index is 419. The van der Waals surface area contributed by atoms with Crippen LogP contribution in [0.25, 0.3) is 0 Å². The van der Waals surface area contributed by atoms with Gasteiger partial charge in [0.25, 0.3) is 0 Å². The van der Waals surface area contributed by atoms with Crippen LogP contribution in [-0.2, 0) is 17.8 Å². The highest BCUT2D eigenvalue weighted by molar-refractivity contribution is 5.77. The van der Waals surface area contributed by atoms with E-state index in [9.17, 15) is 4.79 Å². The summed E-state index contributed by atoms with van der Waals surface area (Å²) in [4.78, 5) is 11.2. The van der Waals surface area contributed by atoms with Crippen LogP contribution in [0.3, 0.4) is 0 Å². The van der Waals surface area contributed by atoms with Gasteiger partial charge in [0.15, 0.2) is 0 Å². The maximum Gasteiger partial charge on any atom is 0.234 e. The molecule has 0 saturated carbocycles. The number of ether oxygens (including phenoxy) is 2. The average Bonchev–Trinajstić information content (AvgIpc) is 2.43. The lowest BCUT2D eigenvalue weighted by Gasteiger charge is -2.14. The zero-order chi connectivity index (χ0) is 13.5. The normalized spacial score (nSPS) is 10.0. The van der Waals surface area contributed by atoms with Crippen LogP contribution in [0.15, 0.2) is 12.1 Å². The average molecular weight is 252 g/mol. The van der Waals surface area contributed by atoms with Gasteiger partial charge in [-0.25, -0.2) is 0 Å². The highest BCUT2D eigenvalue weighted by atomic mass is 16.5. The smallest absolute Gasteiger partial charge is 0.234 e. The molecule has 18 heavy (non-hydrogen) atoms. The topological polar surface area (TPSA) is 73.6 Å². The van der Waals surface area contributed by atoms with Crippen molar-refractivity contribution in [1.29, 1.82) is 0 Å².